The highest BCUT2D eigenvalue weighted by Crippen LogP contribution is 2.24. The molecule has 0 radical (unpaired) electrons. The number of carbonyl (C=O) groups is 2. The van der Waals surface area contributed by atoms with Crippen LogP contribution in [0.25, 0.3) is 11.1 Å². The van der Waals surface area contributed by atoms with Gasteiger partial charge in [0.25, 0.3) is 0 Å². The molecule has 4 heteroatoms. The molecule has 0 bridgehead atoms. The lowest BCUT2D eigenvalue weighted by molar-refractivity contribution is -0.129. The fraction of sp³-hybridized carbons (Fsp3) is 0.100. The molecule has 4 nitrogen and oxygen atoms in total. The lowest BCUT2D eigenvalue weighted by Gasteiger charge is -2.06. The summed E-state index contributed by atoms with van der Waals surface area (Å²) in [7, 11) is 0. The van der Waals surface area contributed by atoms with Crippen LogP contribution in [0.1, 0.15) is 13.8 Å². The van der Waals surface area contributed by atoms with Crippen LogP contribution in [-0.2, 0) is 9.59 Å². The first-order valence-corrected chi connectivity index (χ1v) is 7.52. The van der Waals surface area contributed by atoms with Crippen LogP contribution in [0.4, 0.5) is 0 Å². The summed E-state index contributed by atoms with van der Waals surface area (Å²) in [6.07, 6.45) is 5.98. The normalized spacial score (nSPS) is 10.9. The molecular weight excluding hydrogens is 304 g/mol. The minimum Gasteiger partial charge on any atom is -0.423 e. The second kappa shape index (κ2) is 8.48. The summed E-state index contributed by atoms with van der Waals surface area (Å²) in [5.41, 5.74) is 1.93. The lowest BCUT2D eigenvalue weighted by Crippen LogP contribution is -2.03. The Morgan fingerprint density at radius 1 is 0.667 bits per heavy atom. The molecule has 0 aliphatic heterocycles. The van der Waals surface area contributed by atoms with Gasteiger partial charge in [0.2, 0.25) is 0 Å². The second-order valence-electron chi connectivity index (χ2n) is 4.89. The van der Waals surface area contributed by atoms with Crippen LogP contribution in [0, 0.1) is 0 Å². The third kappa shape index (κ3) is 4.95. The molecule has 0 atom stereocenters. The molecule has 0 aliphatic carbocycles. The van der Waals surface area contributed by atoms with E-state index in [0.29, 0.717) is 11.5 Å². The number of hydrogen-bond acceptors (Lipinski definition) is 4. The molecule has 0 aromatic heterocycles. The van der Waals surface area contributed by atoms with Gasteiger partial charge in [0.1, 0.15) is 11.5 Å². The Labute approximate surface area is 141 Å². The highest BCUT2D eigenvalue weighted by atomic mass is 16.5. The second-order valence-corrected chi connectivity index (χ2v) is 4.89. The van der Waals surface area contributed by atoms with Gasteiger partial charge >= 0.3 is 11.9 Å². The van der Waals surface area contributed by atoms with Gasteiger partial charge in [0.15, 0.2) is 0 Å². The van der Waals surface area contributed by atoms with Crippen molar-refractivity contribution in [3.8, 4) is 22.6 Å². The number of ether oxygens (including phenoxy) is 2. The summed E-state index contributed by atoms with van der Waals surface area (Å²) in [5, 5.41) is 0. The molecule has 0 heterocycles. The van der Waals surface area contributed by atoms with Crippen LogP contribution in [0.5, 0.6) is 11.5 Å². The van der Waals surface area contributed by atoms with Crippen molar-refractivity contribution >= 4 is 11.9 Å². The maximum atomic E-state index is 11.4. The largest absolute Gasteiger partial charge is 0.423 e. The van der Waals surface area contributed by atoms with Crippen molar-refractivity contribution in [3.05, 3.63) is 72.8 Å². The van der Waals surface area contributed by atoms with Gasteiger partial charge in [-0.05, 0) is 49.2 Å². The van der Waals surface area contributed by atoms with Gasteiger partial charge < -0.3 is 9.47 Å². The monoisotopic (exact) mass is 322 g/mol. The molecule has 0 unspecified atom stereocenters. The minimum atomic E-state index is -0.405. The predicted octanol–water partition coefficient (Wildman–Crippen LogP) is 4.32. The average Bonchev–Trinajstić information content (AvgIpc) is 2.57. The van der Waals surface area contributed by atoms with Crippen LogP contribution < -0.4 is 9.47 Å². The number of rotatable bonds is 5. The standard InChI is InChI=1S/C20H18O4/c1-3-5-19(21)23-17-11-7-15(8-12-17)16-9-13-18(14-10-16)24-20(22)6-4-2/h3-14H,1-2H3. The molecule has 0 N–H and O–H groups in total. The summed E-state index contributed by atoms with van der Waals surface area (Å²) < 4.78 is 10.3. The van der Waals surface area contributed by atoms with E-state index in [2.05, 4.69) is 0 Å². The fourth-order valence-corrected chi connectivity index (χ4v) is 2.00. The molecule has 0 fully saturated rings. The van der Waals surface area contributed by atoms with Gasteiger partial charge in [-0.3, -0.25) is 0 Å². The Morgan fingerprint density at radius 2 is 1.00 bits per heavy atom. The van der Waals surface area contributed by atoms with E-state index in [1.807, 2.05) is 24.3 Å². The lowest BCUT2D eigenvalue weighted by atomic mass is 10.1. The molecule has 0 saturated heterocycles. The van der Waals surface area contributed by atoms with Crippen LogP contribution in [-0.4, -0.2) is 11.9 Å². The molecule has 0 amide bonds. The van der Waals surface area contributed by atoms with E-state index >= 15 is 0 Å². The molecule has 2 aromatic rings. The quantitative estimate of drug-likeness (QED) is 0.467. The Morgan fingerprint density at radius 3 is 1.29 bits per heavy atom. The van der Waals surface area contributed by atoms with Gasteiger partial charge in [-0.25, -0.2) is 9.59 Å². The minimum absolute atomic E-state index is 0.405. The van der Waals surface area contributed by atoms with Crippen molar-refractivity contribution in [2.75, 3.05) is 0 Å². The smallest absolute Gasteiger partial charge is 0.335 e. The van der Waals surface area contributed by atoms with Crippen molar-refractivity contribution in [3.63, 3.8) is 0 Å². The number of benzene rings is 2. The first kappa shape index (κ1) is 17.2. The number of carbonyl (C=O) groups excluding carboxylic acids is 2. The van der Waals surface area contributed by atoms with E-state index in [1.165, 1.54) is 12.2 Å². The van der Waals surface area contributed by atoms with Gasteiger partial charge in [0, 0.05) is 12.2 Å². The Bertz CT molecular complexity index is 686. The van der Waals surface area contributed by atoms with Crippen LogP contribution in [0.3, 0.4) is 0 Å². The third-order valence-corrected chi connectivity index (χ3v) is 3.08. The Kier molecular flexibility index (Phi) is 6.08. The topological polar surface area (TPSA) is 52.6 Å². The molecule has 2 aromatic carbocycles. The summed E-state index contributed by atoms with van der Waals surface area (Å²) in [4.78, 5) is 22.8. The maximum Gasteiger partial charge on any atom is 0.335 e. The number of hydrogen-bond donors (Lipinski definition) is 0. The highest BCUT2D eigenvalue weighted by Gasteiger charge is 2.04. The maximum absolute atomic E-state index is 11.4. The van der Waals surface area contributed by atoms with E-state index in [-0.39, 0.29) is 0 Å². The van der Waals surface area contributed by atoms with Crippen molar-refractivity contribution in [2.24, 2.45) is 0 Å². The Hall–Kier alpha value is -3.14. The van der Waals surface area contributed by atoms with E-state index in [4.69, 9.17) is 9.47 Å². The number of allylic oxidation sites excluding steroid dienone is 2. The summed E-state index contributed by atoms with van der Waals surface area (Å²) in [5.74, 6) is 0.160. The van der Waals surface area contributed by atoms with E-state index < -0.39 is 11.9 Å². The summed E-state index contributed by atoms with van der Waals surface area (Å²) in [6, 6.07) is 14.4. The Balaban J connectivity index is 2.06. The highest BCUT2D eigenvalue weighted by molar-refractivity contribution is 5.84. The summed E-state index contributed by atoms with van der Waals surface area (Å²) in [6.45, 7) is 3.51. The van der Waals surface area contributed by atoms with E-state index in [9.17, 15) is 9.59 Å². The summed E-state index contributed by atoms with van der Waals surface area (Å²) >= 11 is 0. The molecule has 0 spiro atoms. The molecule has 24 heavy (non-hydrogen) atoms. The van der Waals surface area contributed by atoms with Crippen molar-refractivity contribution in [1.82, 2.24) is 0 Å². The van der Waals surface area contributed by atoms with Crippen LogP contribution in [0.2, 0.25) is 0 Å². The zero-order valence-electron chi connectivity index (χ0n) is 13.6. The van der Waals surface area contributed by atoms with Gasteiger partial charge in [-0.15, -0.1) is 0 Å². The molecule has 122 valence electrons. The van der Waals surface area contributed by atoms with Gasteiger partial charge in [-0.2, -0.15) is 0 Å². The first-order chi connectivity index (χ1) is 11.6. The molecular formula is C20H18O4. The number of esters is 2. The van der Waals surface area contributed by atoms with Gasteiger partial charge in [0.05, 0.1) is 0 Å². The molecule has 0 saturated carbocycles. The molecule has 0 aliphatic rings. The van der Waals surface area contributed by atoms with Crippen LogP contribution in [0.15, 0.2) is 72.8 Å². The zero-order valence-corrected chi connectivity index (χ0v) is 13.6. The predicted molar refractivity (Wildman–Crippen MR) is 92.8 cm³/mol. The van der Waals surface area contributed by atoms with E-state index in [0.717, 1.165) is 11.1 Å². The fourth-order valence-electron chi connectivity index (χ4n) is 2.00. The molecule has 2 rings (SSSR count). The SMILES string of the molecule is CC=CC(=O)Oc1ccc(-c2ccc(OC(=O)C=CC)cc2)cc1. The van der Waals surface area contributed by atoms with Crippen LogP contribution >= 0.6 is 0 Å². The van der Waals surface area contributed by atoms with Gasteiger partial charge in [-0.1, -0.05) is 36.4 Å². The third-order valence-electron chi connectivity index (χ3n) is 3.08. The van der Waals surface area contributed by atoms with Crippen molar-refractivity contribution < 1.29 is 19.1 Å². The van der Waals surface area contributed by atoms with E-state index in [1.54, 1.807) is 50.3 Å². The van der Waals surface area contributed by atoms with Crippen molar-refractivity contribution in [2.45, 2.75) is 13.8 Å². The average molecular weight is 322 g/mol. The van der Waals surface area contributed by atoms with Crippen molar-refractivity contribution in [1.29, 1.82) is 0 Å². The zero-order chi connectivity index (χ0) is 17.4. The first-order valence-electron chi connectivity index (χ1n) is 7.52.